The Morgan fingerprint density at radius 2 is 1.91 bits per heavy atom. The summed E-state index contributed by atoms with van der Waals surface area (Å²) in [6, 6.07) is 8.75. The number of aromatic nitrogens is 2. The monoisotopic (exact) mass is 367 g/mol. The number of hydrogen-bond acceptors (Lipinski definition) is 2. The first kappa shape index (κ1) is 16.1. The van der Waals surface area contributed by atoms with Crippen LogP contribution in [0, 0.1) is 0 Å². The highest BCUT2D eigenvalue weighted by Crippen LogP contribution is 2.22. The van der Waals surface area contributed by atoms with E-state index in [1.807, 2.05) is 16.7 Å². The number of nitrogens with zero attached hydrogens (tertiary/aromatic N) is 2. The molecule has 0 atom stereocenters. The van der Waals surface area contributed by atoms with E-state index in [9.17, 15) is 4.79 Å². The fraction of sp³-hybridized carbons (Fsp3) is 0.125. The van der Waals surface area contributed by atoms with E-state index in [0.29, 0.717) is 21.6 Å². The summed E-state index contributed by atoms with van der Waals surface area (Å²) in [4.78, 5) is 16.4. The second-order valence-electron chi connectivity index (χ2n) is 5.05. The van der Waals surface area contributed by atoms with Crippen LogP contribution in [-0.4, -0.2) is 15.3 Å². The van der Waals surface area contributed by atoms with Crippen molar-refractivity contribution in [3.8, 4) is 0 Å². The van der Waals surface area contributed by atoms with Crippen LogP contribution in [0.3, 0.4) is 0 Å². The van der Waals surface area contributed by atoms with Crippen molar-refractivity contribution in [3.05, 3.63) is 69.1 Å². The first-order valence-corrected chi connectivity index (χ1v) is 7.98. The Balaban J connectivity index is 1.62. The molecule has 0 radical (unpaired) electrons. The zero-order chi connectivity index (χ0) is 16.4. The lowest BCUT2D eigenvalue weighted by molar-refractivity contribution is -0.120. The number of imidazole rings is 1. The van der Waals surface area contributed by atoms with Crippen LogP contribution in [0.4, 0.5) is 0 Å². The van der Waals surface area contributed by atoms with Crippen molar-refractivity contribution in [2.24, 2.45) is 0 Å². The van der Waals surface area contributed by atoms with E-state index in [1.165, 1.54) is 0 Å². The predicted octanol–water partition coefficient (Wildman–Crippen LogP) is 4.15. The summed E-state index contributed by atoms with van der Waals surface area (Å²) < 4.78 is 1.82. The van der Waals surface area contributed by atoms with Gasteiger partial charge < -0.3 is 9.72 Å². The van der Waals surface area contributed by atoms with Gasteiger partial charge in [-0.05, 0) is 29.8 Å². The topological polar surface area (TPSA) is 46.4 Å². The average Bonchev–Trinajstić information content (AvgIpc) is 2.91. The Hall–Kier alpha value is -1.75. The molecule has 0 aliphatic heterocycles. The number of rotatable bonds is 4. The van der Waals surface area contributed by atoms with E-state index in [0.717, 1.165) is 16.9 Å². The highest BCUT2D eigenvalue weighted by Gasteiger charge is 2.07. The number of carbonyl (C=O) groups is 1. The van der Waals surface area contributed by atoms with E-state index >= 15 is 0 Å². The summed E-state index contributed by atoms with van der Waals surface area (Å²) in [5.74, 6) is -0.113. The van der Waals surface area contributed by atoms with Gasteiger partial charge in [-0.15, -0.1) is 0 Å². The van der Waals surface area contributed by atoms with Gasteiger partial charge in [0.1, 0.15) is 5.65 Å². The minimum Gasteiger partial charge on any atom is -0.350 e. The molecule has 23 heavy (non-hydrogen) atoms. The number of benzene rings is 1. The van der Waals surface area contributed by atoms with Gasteiger partial charge in [0.15, 0.2) is 0 Å². The first-order valence-electron chi connectivity index (χ1n) is 6.85. The number of nitrogens with one attached hydrogen (secondary N) is 1. The maximum Gasteiger partial charge on any atom is 0.224 e. The number of amides is 1. The maximum absolute atomic E-state index is 12.0. The van der Waals surface area contributed by atoms with Crippen LogP contribution in [0.15, 0.2) is 42.7 Å². The summed E-state index contributed by atoms with van der Waals surface area (Å²) in [5.41, 5.74) is 2.34. The average molecular weight is 369 g/mol. The molecular formula is C16H12Cl3N3O. The second-order valence-corrected chi connectivity index (χ2v) is 6.30. The van der Waals surface area contributed by atoms with Crippen molar-refractivity contribution in [1.82, 2.24) is 14.7 Å². The van der Waals surface area contributed by atoms with Gasteiger partial charge in [0.2, 0.25) is 5.91 Å². The van der Waals surface area contributed by atoms with Crippen molar-refractivity contribution in [2.45, 2.75) is 13.0 Å². The summed E-state index contributed by atoms with van der Waals surface area (Å²) in [6.45, 7) is 0.347. The Labute approximate surface area is 148 Å². The molecule has 3 aromatic rings. The molecule has 2 aromatic heterocycles. The van der Waals surface area contributed by atoms with Gasteiger partial charge in [0.25, 0.3) is 0 Å². The zero-order valence-corrected chi connectivity index (χ0v) is 14.2. The van der Waals surface area contributed by atoms with Gasteiger partial charge in [-0.3, -0.25) is 4.79 Å². The van der Waals surface area contributed by atoms with Crippen molar-refractivity contribution in [1.29, 1.82) is 0 Å². The van der Waals surface area contributed by atoms with Crippen molar-refractivity contribution in [3.63, 3.8) is 0 Å². The molecule has 7 heteroatoms. The molecule has 0 bridgehead atoms. The Morgan fingerprint density at radius 3 is 2.70 bits per heavy atom. The zero-order valence-electron chi connectivity index (χ0n) is 11.9. The SMILES string of the molecule is O=C(Cc1ccc(Cl)c(Cl)c1)NCc1cn2cc(Cl)ccc2n1. The van der Waals surface area contributed by atoms with Gasteiger partial charge in [-0.1, -0.05) is 40.9 Å². The van der Waals surface area contributed by atoms with Crippen molar-refractivity contribution in [2.75, 3.05) is 0 Å². The van der Waals surface area contributed by atoms with Gasteiger partial charge in [0.05, 0.1) is 33.7 Å². The lowest BCUT2D eigenvalue weighted by Crippen LogP contribution is -2.24. The molecule has 4 nitrogen and oxygen atoms in total. The van der Waals surface area contributed by atoms with E-state index in [2.05, 4.69) is 10.3 Å². The maximum atomic E-state index is 12.0. The largest absolute Gasteiger partial charge is 0.350 e. The Kier molecular flexibility index (Phi) is 4.76. The van der Waals surface area contributed by atoms with Gasteiger partial charge >= 0.3 is 0 Å². The highest BCUT2D eigenvalue weighted by atomic mass is 35.5. The minimum absolute atomic E-state index is 0.113. The van der Waals surface area contributed by atoms with Crippen LogP contribution in [0.25, 0.3) is 5.65 Å². The molecule has 118 valence electrons. The van der Waals surface area contributed by atoms with Crippen LogP contribution in [0.2, 0.25) is 15.1 Å². The molecule has 0 spiro atoms. The van der Waals surface area contributed by atoms with Gasteiger partial charge in [-0.25, -0.2) is 4.98 Å². The molecule has 2 heterocycles. The van der Waals surface area contributed by atoms with Crippen LogP contribution in [0.1, 0.15) is 11.3 Å². The molecule has 0 aliphatic carbocycles. The van der Waals surface area contributed by atoms with E-state index in [4.69, 9.17) is 34.8 Å². The Bertz CT molecular complexity index is 876. The van der Waals surface area contributed by atoms with Gasteiger partial charge in [0, 0.05) is 12.4 Å². The minimum atomic E-state index is -0.113. The van der Waals surface area contributed by atoms with E-state index < -0.39 is 0 Å². The highest BCUT2D eigenvalue weighted by molar-refractivity contribution is 6.42. The standard InChI is InChI=1S/C16H12Cl3N3O/c17-11-2-4-15-21-12(9-22(15)8-11)7-20-16(23)6-10-1-3-13(18)14(19)5-10/h1-5,8-9H,6-7H2,(H,20,23). The predicted molar refractivity (Wildman–Crippen MR) is 92.2 cm³/mol. The molecule has 1 N–H and O–H groups in total. The normalized spacial score (nSPS) is 10.9. The third-order valence-electron chi connectivity index (χ3n) is 3.28. The summed E-state index contributed by atoms with van der Waals surface area (Å²) in [7, 11) is 0. The van der Waals surface area contributed by atoms with Gasteiger partial charge in [-0.2, -0.15) is 0 Å². The molecular weight excluding hydrogens is 357 g/mol. The fourth-order valence-corrected chi connectivity index (χ4v) is 2.68. The smallest absolute Gasteiger partial charge is 0.224 e. The number of fused-ring (bicyclic) bond motifs is 1. The van der Waals surface area contributed by atoms with E-state index in [-0.39, 0.29) is 12.3 Å². The number of carbonyl (C=O) groups excluding carboxylic acids is 1. The Morgan fingerprint density at radius 1 is 1.09 bits per heavy atom. The molecule has 0 fully saturated rings. The summed E-state index contributed by atoms with van der Waals surface area (Å²) in [6.07, 6.45) is 3.83. The second kappa shape index (κ2) is 6.79. The third kappa shape index (κ3) is 3.96. The molecule has 3 rings (SSSR count). The lowest BCUT2D eigenvalue weighted by atomic mass is 10.1. The molecule has 1 aromatic carbocycles. The van der Waals surface area contributed by atoms with Crippen molar-refractivity contribution >= 4 is 46.4 Å². The van der Waals surface area contributed by atoms with Crippen LogP contribution in [-0.2, 0) is 17.8 Å². The number of halogens is 3. The van der Waals surface area contributed by atoms with Crippen LogP contribution >= 0.6 is 34.8 Å². The molecule has 0 saturated heterocycles. The molecule has 0 aliphatic rings. The van der Waals surface area contributed by atoms with Crippen LogP contribution in [0.5, 0.6) is 0 Å². The fourth-order valence-electron chi connectivity index (χ4n) is 2.19. The van der Waals surface area contributed by atoms with Crippen molar-refractivity contribution < 1.29 is 4.79 Å². The third-order valence-corrected chi connectivity index (χ3v) is 4.24. The summed E-state index contributed by atoms with van der Waals surface area (Å²) in [5, 5.41) is 4.37. The number of hydrogen-bond donors (Lipinski definition) is 1. The molecule has 0 unspecified atom stereocenters. The first-order chi connectivity index (χ1) is 11.0. The lowest BCUT2D eigenvalue weighted by Gasteiger charge is -2.04. The quantitative estimate of drug-likeness (QED) is 0.752. The van der Waals surface area contributed by atoms with Crippen LogP contribution < -0.4 is 5.32 Å². The molecule has 1 amide bonds. The van der Waals surface area contributed by atoms with E-state index in [1.54, 1.807) is 30.5 Å². The summed E-state index contributed by atoms with van der Waals surface area (Å²) >= 11 is 17.7. The number of pyridine rings is 1. The molecule has 0 saturated carbocycles.